The molecule has 0 radical (unpaired) electrons. The maximum atomic E-state index is 14.0. The number of nitrogens with two attached hydrogens (primary N) is 1. The van der Waals surface area contributed by atoms with E-state index in [9.17, 15) is 4.39 Å². The van der Waals surface area contributed by atoms with Crippen molar-refractivity contribution in [2.24, 2.45) is 0 Å². The molecule has 17 heavy (non-hydrogen) atoms. The molecule has 1 fully saturated rings. The van der Waals surface area contributed by atoms with E-state index in [1.165, 1.54) is 10.5 Å². The minimum Gasteiger partial charge on any atom is -0.370 e. The van der Waals surface area contributed by atoms with E-state index < -0.39 is 0 Å². The lowest BCUT2D eigenvalue weighted by Gasteiger charge is -2.33. The zero-order valence-electron chi connectivity index (χ0n) is 9.92. The predicted octanol–water partition coefficient (Wildman–Crippen LogP) is -1.14. The van der Waals surface area contributed by atoms with Crippen molar-refractivity contribution in [1.82, 2.24) is 0 Å². The van der Waals surface area contributed by atoms with Crippen LogP contribution in [0.4, 0.5) is 4.39 Å². The summed E-state index contributed by atoms with van der Waals surface area (Å²) in [6, 6.07) is 5.76. The summed E-state index contributed by atoms with van der Waals surface area (Å²) in [5.74, 6) is -0.0282. The maximum absolute atomic E-state index is 14.0. The SMILES string of the molecule is Fc1cccc2c1[C@H]([NH+]1CCOCC1)C[NH2+]C2. The molecule has 3 rings (SSSR count). The number of quaternary nitrogens is 2. The summed E-state index contributed by atoms with van der Waals surface area (Å²) in [6.45, 7) is 5.49. The summed E-state index contributed by atoms with van der Waals surface area (Å²) in [5, 5.41) is 2.29. The second kappa shape index (κ2) is 4.72. The van der Waals surface area contributed by atoms with E-state index in [4.69, 9.17) is 4.74 Å². The van der Waals surface area contributed by atoms with Gasteiger partial charge in [0.1, 0.15) is 32.0 Å². The van der Waals surface area contributed by atoms with E-state index in [-0.39, 0.29) is 5.82 Å². The Morgan fingerprint density at radius 3 is 2.94 bits per heavy atom. The number of rotatable bonds is 1. The molecule has 0 aliphatic carbocycles. The van der Waals surface area contributed by atoms with Crippen LogP contribution in [0.3, 0.4) is 0 Å². The summed E-state index contributed by atoms with van der Waals surface area (Å²) < 4.78 is 19.4. The van der Waals surface area contributed by atoms with E-state index in [1.54, 1.807) is 6.07 Å². The van der Waals surface area contributed by atoms with Gasteiger partial charge in [-0.1, -0.05) is 12.1 Å². The molecule has 2 heterocycles. The molecule has 1 saturated heterocycles. The Morgan fingerprint density at radius 2 is 2.12 bits per heavy atom. The first-order chi connectivity index (χ1) is 8.36. The number of hydrogen-bond acceptors (Lipinski definition) is 1. The third-order valence-electron chi connectivity index (χ3n) is 3.89. The Hall–Kier alpha value is -0.970. The molecule has 1 aromatic rings. The highest BCUT2D eigenvalue weighted by molar-refractivity contribution is 5.30. The lowest BCUT2D eigenvalue weighted by molar-refractivity contribution is -0.954. The molecule has 0 spiro atoms. The molecule has 3 N–H and O–H groups in total. The summed E-state index contributed by atoms with van der Waals surface area (Å²) in [7, 11) is 0. The molecule has 2 aliphatic rings. The predicted molar refractivity (Wildman–Crippen MR) is 61.2 cm³/mol. The van der Waals surface area contributed by atoms with E-state index >= 15 is 0 Å². The maximum Gasteiger partial charge on any atom is 0.166 e. The molecule has 1 aromatic carbocycles. The number of halogens is 1. The molecule has 3 nitrogen and oxygen atoms in total. The zero-order chi connectivity index (χ0) is 11.7. The van der Waals surface area contributed by atoms with Gasteiger partial charge in [-0.15, -0.1) is 0 Å². The number of nitrogens with one attached hydrogen (secondary N) is 1. The van der Waals surface area contributed by atoms with Crippen molar-refractivity contribution < 1.29 is 19.3 Å². The van der Waals surface area contributed by atoms with E-state index in [0.29, 0.717) is 6.04 Å². The second-order valence-electron chi connectivity index (χ2n) is 4.86. The lowest BCUT2D eigenvalue weighted by Crippen LogP contribution is -3.17. The zero-order valence-corrected chi connectivity index (χ0v) is 9.92. The highest BCUT2D eigenvalue weighted by Crippen LogP contribution is 2.20. The van der Waals surface area contributed by atoms with Gasteiger partial charge < -0.3 is 15.0 Å². The van der Waals surface area contributed by atoms with Crippen molar-refractivity contribution in [2.45, 2.75) is 12.6 Å². The van der Waals surface area contributed by atoms with Crippen LogP contribution in [0.25, 0.3) is 0 Å². The van der Waals surface area contributed by atoms with Gasteiger partial charge in [-0.25, -0.2) is 4.39 Å². The first kappa shape index (κ1) is 11.1. The minimum absolute atomic E-state index is 0.0282. The highest BCUT2D eigenvalue weighted by atomic mass is 19.1. The van der Waals surface area contributed by atoms with Crippen LogP contribution in [-0.4, -0.2) is 32.8 Å². The molecule has 0 saturated carbocycles. The molecule has 0 unspecified atom stereocenters. The van der Waals surface area contributed by atoms with Crippen LogP contribution >= 0.6 is 0 Å². The molecular weight excluding hydrogens is 219 g/mol. The van der Waals surface area contributed by atoms with Gasteiger partial charge in [-0.05, 0) is 6.07 Å². The Bertz CT molecular complexity index is 404. The Kier molecular flexibility index (Phi) is 3.09. The van der Waals surface area contributed by atoms with Gasteiger partial charge in [-0.3, -0.25) is 0 Å². The van der Waals surface area contributed by atoms with Crippen LogP contribution in [0.2, 0.25) is 0 Å². The quantitative estimate of drug-likeness (QED) is 0.636. The molecule has 0 bridgehead atoms. The summed E-state index contributed by atoms with van der Waals surface area (Å²) in [6.07, 6.45) is 0. The largest absolute Gasteiger partial charge is 0.370 e. The Balaban J connectivity index is 1.92. The highest BCUT2D eigenvalue weighted by Gasteiger charge is 2.34. The molecule has 0 aromatic heterocycles. The smallest absolute Gasteiger partial charge is 0.166 e. The average molecular weight is 238 g/mol. The number of morpholine rings is 1. The first-order valence-electron chi connectivity index (χ1n) is 6.37. The van der Waals surface area contributed by atoms with Gasteiger partial charge in [0.05, 0.1) is 18.8 Å². The topological polar surface area (TPSA) is 30.3 Å². The van der Waals surface area contributed by atoms with Crippen molar-refractivity contribution in [3.05, 3.63) is 35.1 Å². The van der Waals surface area contributed by atoms with Gasteiger partial charge in [0.15, 0.2) is 6.04 Å². The van der Waals surface area contributed by atoms with Crippen LogP contribution in [0.1, 0.15) is 17.2 Å². The third kappa shape index (κ3) is 2.08. The molecule has 4 heteroatoms. The number of benzene rings is 1. The normalized spacial score (nSPS) is 25.6. The molecule has 2 aliphatic heterocycles. The molecular formula is C13H19FN2O+2. The van der Waals surface area contributed by atoms with Crippen molar-refractivity contribution in [2.75, 3.05) is 32.8 Å². The summed E-state index contributed by atoms with van der Waals surface area (Å²) in [4.78, 5) is 1.47. The third-order valence-corrected chi connectivity index (χ3v) is 3.89. The van der Waals surface area contributed by atoms with Crippen molar-refractivity contribution in [1.29, 1.82) is 0 Å². The Morgan fingerprint density at radius 1 is 1.29 bits per heavy atom. The van der Waals surface area contributed by atoms with Crippen molar-refractivity contribution in [3.63, 3.8) is 0 Å². The summed E-state index contributed by atoms with van der Waals surface area (Å²) >= 11 is 0. The lowest BCUT2D eigenvalue weighted by atomic mass is 9.94. The molecule has 92 valence electrons. The standard InChI is InChI=1S/C13H17FN2O/c14-11-3-1-2-10-8-15-9-12(13(10)11)16-4-6-17-7-5-16/h1-3,12,15H,4-9H2/p+2/t12-/m1/s1. The first-order valence-corrected chi connectivity index (χ1v) is 6.37. The van der Waals surface area contributed by atoms with Crippen molar-refractivity contribution in [3.8, 4) is 0 Å². The average Bonchev–Trinajstić information content (AvgIpc) is 2.39. The van der Waals surface area contributed by atoms with Gasteiger partial charge in [0, 0.05) is 5.56 Å². The van der Waals surface area contributed by atoms with Gasteiger partial charge >= 0.3 is 0 Å². The fourth-order valence-corrected chi connectivity index (χ4v) is 3.03. The molecule has 0 amide bonds. The van der Waals surface area contributed by atoms with Gasteiger partial charge in [0.2, 0.25) is 0 Å². The minimum atomic E-state index is -0.0282. The monoisotopic (exact) mass is 238 g/mol. The number of ether oxygens (including phenoxy) is 1. The van der Waals surface area contributed by atoms with E-state index in [1.807, 2.05) is 6.07 Å². The van der Waals surface area contributed by atoms with Crippen LogP contribution < -0.4 is 10.2 Å². The molecule has 1 atom stereocenters. The van der Waals surface area contributed by atoms with Crippen LogP contribution in [0.15, 0.2) is 18.2 Å². The number of fused-ring (bicyclic) bond motifs is 1. The van der Waals surface area contributed by atoms with Crippen molar-refractivity contribution >= 4 is 0 Å². The number of hydrogen-bond donors (Lipinski definition) is 2. The summed E-state index contributed by atoms with van der Waals surface area (Å²) in [5.41, 5.74) is 2.12. The van der Waals surface area contributed by atoms with E-state index in [2.05, 4.69) is 11.4 Å². The second-order valence-corrected chi connectivity index (χ2v) is 4.86. The van der Waals surface area contributed by atoms with Gasteiger partial charge in [0.25, 0.3) is 0 Å². The van der Waals surface area contributed by atoms with Gasteiger partial charge in [-0.2, -0.15) is 0 Å². The fourth-order valence-electron chi connectivity index (χ4n) is 3.03. The van der Waals surface area contributed by atoms with Crippen LogP contribution in [0.5, 0.6) is 0 Å². The van der Waals surface area contributed by atoms with E-state index in [0.717, 1.165) is 45.0 Å². The van der Waals surface area contributed by atoms with Crippen LogP contribution in [-0.2, 0) is 11.3 Å². The fraction of sp³-hybridized carbons (Fsp3) is 0.538. The van der Waals surface area contributed by atoms with Crippen LogP contribution in [0, 0.1) is 5.82 Å². The Labute approximate surface area is 101 Å².